The van der Waals surface area contributed by atoms with Gasteiger partial charge >= 0.3 is 5.97 Å². The van der Waals surface area contributed by atoms with Gasteiger partial charge in [-0.2, -0.15) is 11.8 Å². The number of rotatable bonds is 23. The largest absolute Gasteiger partial charge is 0.489 e. The minimum absolute atomic E-state index is 0.0249. The van der Waals surface area contributed by atoms with Crippen LogP contribution >= 0.6 is 11.8 Å². The molecule has 4 aromatic carbocycles. The first kappa shape index (κ1) is 44.9. The molecule has 0 saturated carbocycles. The maximum absolute atomic E-state index is 14.0. The minimum atomic E-state index is -1.57. The molecule has 310 valence electrons. The van der Waals surface area contributed by atoms with Crippen LogP contribution in [0.2, 0.25) is 0 Å². The molecule has 0 radical (unpaired) electrons. The van der Waals surface area contributed by atoms with Gasteiger partial charge in [0.25, 0.3) is 5.69 Å². The number of ether oxygens (including phenoxy) is 2. The van der Waals surface area contributed by atoms with Crippen LogP contribution in [0.5, 0.6) is 5.75 Å². The topological polar surface area (TPSA) is 278 Å². The van der Waals surface area contributed by atoms with E-state index in [-0.39, 0.29) is 24.5 Å². The summed E-state index contributed by atoms with van der Waals surface area (Å²) >= 11 is 1.29. The Bertz CT molecular complexity index is 2060. The van der Waals surface area contributed by atoms with Gasteiger partial charge in [0.2, 0.25) is 29.5 Å². The zero-order chi connectivity index (χ0) is 42.7. The summed E-state index contributed by atoms with van der Waals surface area (Å²) in [4.78, 5) is 88.1. The fourth-order valence-corrected chi connectivity index (χ4v) is 6.47. The van der Waals surface area contributed by atoms with Crippen LogP contribution in [0, 0.1) is 10.1 Å². The Morgan fingerprint density at radius 3 is 1.75 bits per heavy atom. The van der Waals surface area contributed by atoms with Crippen molar-refractivity contribution in [2.24, 2.45) is 17.2 Å². The Balaban J connectivity index is 1.52. The van der Waals surface area contributed by atoms with E-state index in [2.05, 4.69) is 16.0 Å². The number of nitrogens with zero attached hydrogens (tertiary/aromatic N) is 1. The number of thioether (sulfide) groups is 1. The minimum Gasteiger partial charge on any atom is -0.489 e. The zero-order valence-corrected chi connectivity index (χ0v) is 32.6. The van der Waals surface area contributed by atoms with Crippen LogP contribution in [0.1, 0.15) is 35.1 Å². The molecule has 4 atom stereocenters. The SMILES string of the molecule is NC(=O)C[C@H](NC(=O)[C@H](CSCc1ccccc1)NC(=O)[C@H](Cc1ccc(OCc2ccccc2)cc1)NC(=O)[C@@H](N)CC(N)=O)C(=O)OCc1ccc([N+](=O)[O-])cc1. The Morgan fingerprint density at radius 1 is 0.627 bits per heavy atom. The summed E-state index contributed by atoms with van der Waals surface area (Å²) < 4.78 is 11.2. The lowest BCUT2D eigenvalue weighted by Crippen LogP contribution is -2.58. The lowest BCUT2D eigenvalue weighted by Gasteiger charge is -2.25. The summed E-state index contributed by atoms with van der Waals surface area (Å²) in [6.45, 7) is -0.0168. The summed E-state index contributed by atoms with van der Waals surface area (Å²) in [7, 11) is 0. The van der Waals surface area contributed by atoms with Crippen molar-refractivity contribution in [2.75, 3.05) is 5.75 Å². The first-order chi connectivity index (χ1) is 28.3. The van der Waals surface area contributed by atoms with Crippen molar-refractivity contribution in [3.63, 3.8) is 0 Å². The molecule has 0 saturated heterocycles. The van der Waals surface area contributed by atoms with E-state index >= 15 is 0 Å². The lowest BCUT2D eigenvalue weighted by atomic mass is 10.0. The highest BCUT2D eigenvalue weighted by atomic mass is 32.2. The predicted molar refractivity (Wildman–Crippen MR) is 218 cm³/mol. The molecule has 0 heterocycles. The summed E-state index contributed by atoms with van der Waals surface area (Å²) in [6, 6.07) is 25.2. The molecule has 0 fully saturated rings. The van der Waals surface area contributed by atoms with Gasteiger partial charge in [-0.1, -0.05) is 72.8 Å². The Labute approximate surface area is 343 Å². The van der Waals surface area contributed by atoms with Gasteiger partial charge in [0, 0.05) is 30.1 Å². The van der Waals surface area contributed by atoms with Gasteiger partial charge in [0.05, 0.1) is 23.8 Å². The third-order valence-corrected chi connectivity index (χ3v) is 9.67. The number of nitro groups is 1. The molecule has 0 aliphatic heterocycles. The number of benzene rings is 4. The molecule has 4 rings (SSSR count). The van der Waals surface area contributed by atoms with Crippen LogP contribution < -0.4 is 37.9 Å². The van der Waals surface area contributed by atoms with E-state index in [0.29, 0.717) is 29.2 Å². The number of primary amides is 2. The summed E-state index contributed by atoms with van der Waals surface area (Å²) in [6.07, 6.45) is -1.22. The molecule has 0 spiro atoms. The van der Waals surface area contributed by atoms with E-state index < -0.39 is 77.4 Å². The van der Waals surface area contributed by atoms with Crippen molar-refractivity contribution in [1.29, 1.82) is 0 Å². The van der Waals surface area contributed by atoms with Crippen LogP contribution in [-0.4, -0.2) is 70.3 Å². The molecule has 0 aliphatic carbocycles. The molecular formula is C41H45N7O10S. The summed E-state index contributed by atoms with van der Waals surface area (Å²) in [5, 5.41) is 18.7. The average Bonchev–Trinajstić information content (AvgIpc) is 3.22. The number of carbonyl (C=O) groups excluding carboxylic acids is 6. The van der Waals surface area contributed by atoms with E-state index in [0.717, 1.165) is 11.1 Å². The number of amides is 5. The molecule has 0 unspecified atom stereocenters. The van der Waals surface area contributed by atoms with Crippen molar-refractivity contribution in [2.45, 2.75) is 62.4 Å². The van der Waals surface area contributed by atoms with Gasteiger partial charge in [-0.25, -0.2) is 4.79 Å². The third-order valence-electron chi connectivity index (χ3n) is 8.57. The highest BCUT2D eigenvalue weighted by Crippen LogP contribution is 2.18. The fourth-order valence-electron chi connectivity index (χ4n) is 5.46. The van der Waals surface area contributed by atoms with Gasteiger partial charge in [0.1, 0.15) is 37.1 Å². The first-order valence-electron chi connectivity index (χ1n) is 18.3. The molecular weight excluding hydrogens is 783 g/mol. The Hall–Kier alpha value is -6.79. The Morgan fingerprint density at radius 2 is 1.15 bits per heavy atom. The van der Waals surface area contributed by atoms with Gasteiger partial charge in [-0.3, -0.25) is 34.1 Å². The molecule has 18 heteroatoms. The highest BCUT2D eigenvalue weighted by molar-refractivity contribution is 7.98. The van der Waals surface area contributed by atoms with Crippen molar-refractivity contribution in [1.82, 2.24) is 16.0 Å². The summed E-state index contributed by atoms with van der Waals surface area (Å²) in [5.41, 5.74) is 19.3. The molecule has 5 amide bonds. The first-order valence-corrected chi connectivity index (χ1v) is 19.4. The normalized spacial score (nSPS) is 12.8. The van der Waals surface area contributed by atoms with Crippen LogP contribution in [-0.2, 0) is 58.9 Å². The molecule has 4 aromatic rings. The second-order valence-electron chi connectivity index (χ2n) is 13.3. The second kappa shape index (κ2) is 22.8. The van der Waals surface area contributed by atoms with Gasteiger partial charge in [0.15, 0.2) is 0 Å². The second-order valence-corrected chi connectivity index (χ2v) is 14.3. The number of carbonyl (C=O) groups is 6. The standard InChI is InChI=1S/C41H45N7O10S/c42-32(20-36(43)49)38(51)45-33(19-26-13-17-31(18-14-26)57-22-27-7-3-1-4-8-27)39(52)47-35(25-59-24-29-9-5-2-6-10-29)40(53)46-34(21-37(44)50)41(54)58-23-28-11-15-30(16-12-28)48(55)56/h1-18,32-35H,19-25,42H2,(H2,43,49)(H2,44,50)(H,45,51)(H,46,53)(H,47,52)/t32-,33-,34-,35-/m0/s1. The quantitative estimate of drug-likeness (QED) is 0.0356. The van der Waals surface area contributed by atoms with Crippen LogP contribution in [0.25, 0.3) is 0 Å². The smallest absolute Gasteiger partial charge is 0.329 e. The van der Waals surface area contributed by atoms with Gasteiger partial charge in [-0.05, 0) is 46.5 Å². The monoisotopic (exact) mass is 827 g/mol. The molecule has 17 nitrogen and oxygen atoms in total. The average molecular weight is 828 g/mol. The van der Waals surface area contributed by atoms with E-state index in [9.17, 15) is 38.9 Å². The van der Waals surface area contributed by atoms with Crippen molar-refractivity contribution >= 4 is 53.0 Å². The number of nitrogens with two attached hydrogens (primary N) is 3. The number of hydrogen-bond acceptors (Lipinski definition) is 12. The zero-order valence-electron chi connectivity index (χ0n) is 31.8. The van der Waals surface area contributed by atoms with Gasteiger partial charge < -0.3 is 42.6 Å². The van der Waals surface area contributed by atoms with Crippen molar-refractivity contribution < 1.29 is 43.2 Å². The maximum Gasteiger partial charge on any atom is 0.329 e. The van der Waals surface area contributed by atoms with Crippen LogP contribution in [0.3, 0.4) is 0 Å². The van der Waals surface area contributed by atoms with Crippen LogP contribution in [0.4, 0.5) is 5.69 Å². The summed E-state index contributed by atoms with van der Waals surface area (Å²) in [5.74, 6) is -4.35. The van der Waals surface area contributed by atoms with E-state index in [1.807, 2.05) is 60.7 Å². The number of nitro benzene ring substituents is 1. The van der Waals surface area contributed by atoms with E-state index in [1.165, 1.54) is 36.0 Å². The molecule has 59 heavy (non-hydrogen) atoms. The Kier molecular flexibility index (Phi) is 17.4. The highest BCUT2D eigenvalue weighted by Gasteiger charge is 2.32. The van der Waals surface area contributed by atoms with Crippen molar-refractivity contribution in [3.05, 3.63) is 142 Å². The number of esters is 1. The molecule has 0 aliphatic rings. The number of hydrogen-bond donors (Lipinski definition) is 6. The van der Waals surface area contributed by atoms with Gasteiger partial charge in [-0.15, -0.1) is 0 Å². The van der Waals surface area contributed by atoms with E-state index in [4.69, 9.17) is 26.7 Å². The number of non-ortho nitro benzene ring substituents is 1. The fraction of sp³-hybridized carbons (Fsp3) is 0.268. The van der Waals surface area contributed by atoms with E-state index in [1.54, 1.807) is 24.3 Å². The molecule has 9 N–H and O–H groups in total. The van der Waals surface area contributed by atoms with Crippen LogP contribution in [0.15, 0.2) is 109 Å². The number of nitrogens with one attached hydrogen (secondary N) is 3. The molecule has 0 bridgehead atoms. The predicted octanol–water partition coefficient (Wildman–Crippen LogP) is 1.93. The third kappa shape index (κ3) is 15.6. The lowest BCUT2D eigenvalue weighted by molar-refractivity contribution is -0.384. The van der Waals surface area contributed by atoms with Crippen molar-refractivity contribution in [3.8, 4) is 5.75 Å². The molecule has 0 aromatic heterocycles. The maximum atomic E-state index is 14.0.